The molecule has 0 aromatic heterocycles. The summed E-state index contributed by atoms with van der Waals surface area (Å²) in [7, 11) is 0. The lowest BCUT2D eigenvalue weighted by molar-refractivity contribution is -0.126. The summed E-state index contributed by atoms with van der Waals surface area (Å²) < 4.78 is 0. The number of nitrogens with zero attached hydrogens (tertiary/aromatic N) is 1. The number of aliphatic hydroxyl groups excluding tert-OH is 1. The molecule has 2 N–H and O–H groups in total. The number of amides is 2. The number of rotatable bonds is 5. The predicted molar refractivity (Wildman–Crippen MR) is 76.4 cm³/mol. The average Bonchev–Trinajstić information content (AvgIpc) is 2.82. The Bertz CT molecular complexity index is 484. The highest BCUT2D eigenvalue weighted by Gasteiger charge is 2.34. The molecule has 1 aromatic rings. The minimum Gasteiger partial charge on any atom is -0.396 e. The summed E-state index contributed by atoms with van der Waals surface area (Å²) in [6.07, 6.45) is 0.785. The molecule has 5 nitrogen and oxygen atoms in total. The zero-order valence-electron chi connectivity index (χ0n) is 11.6. The molecule has 5 heteroatoms. The number of hydrogen-bond acceptors (Lipinski definition) is 3. The zero-order valence-corrected chi connectivity index (χ0v) is 11.6. The second-order valence-corrected chi connectivity index (χ2v) is 5.11. The Labute approximate surface area is 118 Å². The molecule has 0 bridgehead atoms. The molecule has 0 spiro atoms. The van der Waals surface area contributed by atoms with Gasteiger partial charge in [-0.25, -0.2) is 0 Å². The second kappa shape index (κ2) is 6.52. The summed E-state index contributed by atoms with van der Waals surface area (Å²) in [6.45, 7) is 2.92. The van der Waals surface area contributed by atoms with Gasteiger partial charge in [0.25, 0.3) is 0 Å². The number of anilines is 1. The summed E-state index contributed by atoms with van der Waals surface area (Å²) >= 11 is 0. The Morgan fingerprint density at radius 1 is 1.40 bits per heavy atom. The van der Waals surface area contributed by atoms with E-state index in [1.54, 1.807) is 4.90 Å². The molecule has 1 atom stereocenters. The number of carbonyl (C=O) groups is 2. The van der Waals surface area contributed by atoms with Crippen LogP contribution in [0, 0.1) is 12.8 Å². The van der Waals surface area contributed by atoms with Crippen molar-refractivity contribution in [1.82, 2.24) is 5.32 Å². The van der Waals surface area contributed by atoms with Crippen LogP contribution < -0.4 is 10.2 Å². The Morgan fingerprint density at radius 2 is 2.10 bits per heavy atom. The van der Waals surface area contributed by atoms with E-state index in [1.165, 1.54) is 0 Å². The van der Waals surface area contributed by atoms with Crippen LogP contribution in [0.1, 0.15) is 18.4 Å². The van der Waals surface area contributed by atoms with Crippen LogP contribution in [0.4, 0.5) is 5.69 Å². The van der Waals surface area contributed by atoms with E-state index in [2.05, 4.69) is 5.32 Å². The molecular formula is C15H20N2O3. The molecule has 2 amide bonds. The van der Waals surface area contributed by atoms with Crippen LogP contribution in [-0.2, 0) is 9.59 Å². The number of benzene rings is 1. The zero-order chi connectivity index (χ0) is 14.5. The van der Waals surface area contributed by atoms with E-state index < -0.39 is 0 Å². The van der Waals surface area contributed by atoms with E-state index >= 15 is 0 Å². The fourth-order valence-corrected chi connectivity index (χ4v) is 2.29. The molecule has 20 heavy (non-hydrogen) atoms. The van der Waals surface area contributed by atoms with Crippen molar-refractivity contribution in [2.24, 2.45) is 5.92 Å². The fraction of sp³-hybridized carbons (Fsp3) is 0.467. The number of nitrogens with one attached hydrogen (secondary N) is 1. The van der Waals surface area contributed by atoms with Gasteiger partial charge in [-0.3, -0.25) is 9.59 Å². The fourth-order valence-electron chi connectivity index (χ4n) is 2.29. The van der Waals surface area contributed by atoms with Crippen LogP contribution in [0.5, 0.6) is 0 Å². The maximum absolute atomic E-state index is 12.0. The van der Waals surface area contributed by atoms with Gasteiger partial charge in [0.2, 0.25) is 11.8 Å². The van der Waals surface area contributed by atoms with Gasteiger partial charge in [0, 0.05) is 31.8 Å². The van der Waals surface area contributed by atoms with Crippen molar-refractivity contribution in [3.63, 3.8) is 0 Å². The second-order valence-electron chi connectivity index (χ2n) is 5.11. The molecule has 1 aromatic carbocycles. The van der Waals surface area contributed by atoms with Crippen LogP contribution >= 0.6 is 0 Å². The monoisotopic (exact) mass is 276 g/mol. The Morgan fingerprint density at radius 3 is 2.75 bits per heavy atom. The minimum absolute atomic E-state index is 0.0174. The predicted octanol–water partition coefficient (Wildman–Crippen LogP) is 0.847. The van der Waals surface area contributed by atoms with Gasteiger partial charge in [-0.15, -0.1) is 0 Å². The lowest BCUT2D eigenvalue weighted by atomic mass is 10.1. The Kier molecular flexibility index (Phi) is 4.74. The highest BCUT2D eigenvalue weighted by Crippen LogP contribution is 2.25. The van der Waals surface area contributed by atoms with E-state index in [4.69, 9.17) is 5.11 Å². The van der Waals surface area contributed by atoms with E-state index in [0.717, 1.165) is 11.3 Å². The quantitative estimate of drug-likeness (QED) is 0.783. The highest BCUT2D eigenvalue weighted by molar-refractivity contribution is 6.00. The van der Waals surface area contributed by atoms with E-state index in [-0.39, 0.29) is 30.8 Å². The molecule has 1 aliphatic heterocycles. The van der Waals surface area contributed by atoms with Crippen molar-refractivity contribution in [2.45, 2.75) is 19.8 Å². The maximum Gasteiger partial charge on any atom is 0.227 e. The first-order valence-electron chi connectivity index (χ1n) is 6.87. The number of aliphatic hydroxyl groups is 1. The summed E-state index contributed by atoms with van der Waals surface area (Å²) in [5.41, 5.74) is 1.98. The van der Waals surface area contributed by atoms with Crippen molar-refractivity contribution in [1.29, 1.82) is 0 Å². The van der Waals surface area contributed by atoms with Gasteiger partial charge >= 0.3 is 0 Å². The van der Waals surface area contributed by atoms with Crippen LogP contribution in [0.3, 0.4) is 0 Å². The van der Waals surface area contributed by atoms with Gasteiger partial charge in [0.1, 0.15) is 0 Å². The molecule has 0 radical (unpaired) electrons. The molecule has 2 rings (SSSR count). The van der Waals surface area contributed by atoms with Crippen LogP contribution in [0.25, 0.3) is 0 Å². The highest BCUT2D eigenvalue weighted by atomic mass is 16.3. The third kappa shape index (κ3) is 3.36. The largest absolute Gasteiger partial charge is 0.396 e. The number of hydrogen-bond donors (Lipinski definition) is 2. The summed E-state index contributed by atoms with van der Waals surface area (Å²) in [5, 5.41) is 11.4. The molecule has 0 unspecified atom stereocenters. The van der Waals surface area contributed by atoms with Crippen molar-refractivity contribution in [2.75, 3.05) is 24.6 Å². The Hall–Kier alpha value is -1.88. The van der Waals surface area contributed by atoms with Crippen molar-refractivity contribution < 1.29 is 14.7 Å². The smallest absolute Gasteiger partial charge is 0.227 e. The van der Waals surface area contributed by atoms with Crippen LogP contribution in [0.15, 0.2) is 24.3 Å². The third-order valence-electron chi connectivity index (χ3n) is 3.48. The van der Waals surface area contributed by atoms with Crippen LogP contribution in [-0.4, -0.2) is 36.6 Å². The standard InChI is InChI=1S/C15H20N2O3/c1-11-3-5-13(6-4-11)17-10-12(9-14(17)19)15(20)16-7-2-8-18/h3-6,12,18H,2,7-10H2,1H3,(H,16,20)/t12-/m1/s1. The molecule has 1 saturated heterocycles. The normalized spacial score (nSPS) is 18.4. The molecule has 0 saturated carbocycles. The van der Waals surface area contributed by atoms with Gasteiger partial charge in [0.15, 0.2) is 0 Å². The molecule has 108 valence electrons. The van der Waals surface area contributed by atoms with Crippen molar-refractivity contribution in [3.8, 4) is 0 Å². The van der Waals surface area contributed by atoms with Gasteiger partial charge in [-0.05, 0) is 25.5 Å². The molecule has 0 aliphatic carbocycles. The van der Waals surface area contributed by atoms with Gasteiger partial charge in [-0.2, -0.15) is 0 Å². The van der Waals surface area contributed by atoms with Crippen molar-refractivity contribution >= 4 is 17.5 Å². The van der Waals surface area contributed by atoms with Gasteiger partial charge < -0.3 is 15.3 Å². The molecule has 1 heterocycles. The molecule has 1 fully saturated rings. The Balaban J connectivity index is 1.96. The van der Waals surface area contributed by atoms with Gasteiger partial charge in [0.05, 0.1) is 5.92 Å². The minimum atomic E-state index is -0.303. The number of aryl methyl sites for hydroxylation is 1. The van der Waals surface area contributed by atoms with Crippen LogP contribution in [0.2, 0.25) is 0 Å². The average molecular weight is 276 g/mol. The van der Waals surface area contributed by atoms with E-state index in [0.29, 0.717) is 19.5 Å². The lowest BCUT2D eigenvalue weighted by Gasteiger charge is -2.16. The first-order valence-corrected chi connectivity index (χ1v) is 6.87. The summed E-state index contributed by atoms with van der Waals surface area (Å²) in [4.78, 5) is 25.6. The van der Waals surface area contributed by atoms with E-state index in [1.807, 2.05) is 31.2 Å². The van der Waals surface area contributed by atoms with E-state index in [9.17, 15) is 9.59 Å². The van der Waals surface area contributed by atoms with Gasteiger partial charge in [-0.1, -0.05) is 17.7 Å². The van der Waals surface area contributed by atoms with Crippen molar-refractivity contribution in [3.05, 3.63) is 29.8 Å². The maximum atomic E-state index is 12.0. The molecule has 1 aliphatic rings. The first-order chi connectivity index (χ1) is 9.61. The third-order valence-corrected chi connectivity index (χ3v) is 3.48. The SMILES string of the molecule is Cc1ccc(N2C[C@H](C(=O)NCCCO)CC2=O)cc1. The molecular weight excluding hydrogens is 256 g/mol. The lowest BCUT2D eigenvalue weighted by Crippen LogP contribution is -2.33. The summed E-state index contributed by atoms with van der Waals surface area (Å²) in [6, 6.07) is 7.72. The topological polar surface area (TPSA) is 69.6 Å². The first kappa shape index (κ1) is 14.5. The number of carbonyl (C=O) groups excluding carboxylic acids is 2. The summed E-state index contributed by atoms with van der Waals surface area (Å²) in [5.74, 6) is -0.430.